The van der Waals surface area contributed by atoms with Crippen LogP contribution in [0.2, 0.25) is 5.02 Å². The molecular weight excluding hydrogens is 464 g/mol. The Morgan fingerprint density at radius 3 is 2.46 bits per heavy atom. The fraction of sp³-hybridized carbons (Fsp3) is 0.185. The third-order valence-electron chi connectivity index (χ3n) is 5.91. The number of aromatic amines is 1. The standard InChI is InChI=1S/C27H23ClN4O3/c1-2-17-15-23-22(16-21(17)28)29-24-25(30-27(34)31-26(24)33)32(23)13-6-14-35-20-11-9-19(10-12-20)18-7-4-3-5-8-18/h3-5,7-12,15-16H,2,6,13-14H2,1H3,(H,31,33,34). The molecule has 0 aliphatic carbocycles. The van der Waals surface area contributed by atoms with Crippen molar-refractivity contribution >= 4 is 22.6 Å². The van der Waals surface area contributed by atoms with Crippen LogP contribution in [-0.4, -0.2) is 26.1 Å². The van der Waals surface area contributed by atoms with Crippen LogP contribution >= 0.6 is 11.6 Å². The van der Waals surface area contributed by atoms with E-state index in [2.05, 4.69) is 27.1 Å². The molecule has 0 amide bonds. The zero-order valence-corrected chi connectivity index (χ0v) is 19.9. The number of hydrogen-bond donors (Lipinski definition) is 1. The van der Waals surface area contributed by atoms with E-state index in [-0.39, 0.29) is 11.5 Å². The zero-order chi connectivity index (χ0) is 24.4. The van der Waals surface area contributed by atoms with E-state index in [4.69, 9.17) is 16.3 Å². The molecule has 8 heteroatoms. The van der Waals surface area contributed by atoms with Gasteiger partial charge in [-0.2, -0.15) is 4.98 Å². The quantitative estimate of drug-likeness (QED) is 0.260. The lowest BCUT2D eigenvalue weighted by Crippen LogP contribution is -2.29. The summed E-state index contributed by atoms with van der Waals surface area (Å²) in [5.41, 5.74) is 3.41. The molecule has 3 aromatic carbocycles. The highest BCUT2D eigenvalue weighted by Crippen LogP contribution is 2.27. The van der Waals surface area contributed by atoms with Crippen LogP contribution < -0.4 is 16.0 Å². The molecule has 35 heavy (non-hydrogen) atoms. The van der Waals surface area contributed by atoms with Crippen LogP contribution in [0.4, 0.5) is 0 Å². The van der Waals surface area contributed by atoms with Crippen molar-refractivity contribution in [3.05, 3.63) is 98.2 Å². The van der Waals surface area contributed by atoms with Gasteiger partial charge >= 0.3 is 5.69 Å². The van der Waals surface area contributed by atoms with Crippen molar-refractivity contribution in [1.82, 2.24) is 19.5 Å². The van der Waals surface area contributed by atoms with Gasteiger partial charge in [-0.1, -0.05) is 61.0 Å². The minimum absolute atomic E-state index is 0.106. The summed E-state index contributed by atoms with van der Waals surface area (Å²) in [6.45, 7) is 2.95. The van der Waals surface area contributed by atoms with Gasteiger partial charge in [0.25, 0.3) is 5.56 Å². The monoisotopic (exact) mass is 486 g/mol. The minimum Gasteiger partial charge on any atom is -0.494 e. The second-order valence-corrected chi connectivity index (χ2v) is 8.59. The van der Waals surface area contributed by atoms with Gasteiger partial charge in [0.1, 0.15) is 5.75 Å². The molecule has 0 saturated carbocycles. The predicted octanol–water partition coefficient (Wildman–Crippen LogP) is 4.94. The van der Waals surface area contributed by atoms with E-state index >= 15 is 0 Å². The number of fused-ring (bicyclic) bond motifs is 2. The zero-order valence-electron chi connectivity index (χ0n) is 19.1. The van der Waals surface area contributed by atoms with Crippen LogP contribution in [0.25, 0.3) is 33.7 Å². The molecule has 2 heterocycles. The van der Waals surface area contributed by atoms with Crippen molar-refractivity contribution in [3.8, 4) is 28.4 Å². The summed E-state index contributed by atoms with van der Waals surface area (Å²) in [6, 6.07) is 21.8. The number of ether oxygens (including phenoxy) is 1. The summed E-state index contributed by atoms with van der Waals surface area (Å²) in [4.78, 5) is 35.1. The maximum atomic E-state index is 12.4. The molecule has 0 aromatic heterocycles. The van der Waals surface area contributed by atoms with E-state index in [0.29, 0.717) is 30.1 Å². The molecule has 5 rings (SSSR count). The van der Waals surface area contributed by atoms with Crippen molar-refractivity contribution in [3.63, 3.8) is 0 Å². The van der Waals surface area contributed by atoms with Gasteiger partial charge in [-0.25, -0.2) is 9.78 Å². The molecule has 2 aliphatic heterocycles. The number of H-pyrrole nitrogens is 1. The highest BCUT2D eigenvalue weighted by atomic mass is 35.5. The summed E-state index contributed by atoms with van der Waals surface area (Å²) < 4.78 is 7.81. The number of halogens is 1. The van der Waals surface area contributed by atoms with Crippen LogP contribution in [-0.2, 0) is 13.0 Å². The Morgan fingerprint density at radius 2 is 1.71 bits per heavy atom. The van der Waals surface area contributed by atoms with Crippen LogP contribution in [0.1, 0.15) is 18.9 Å². The lowest BCUT2D eigenvalue weighted by atomic mass is 10.1. The predicted molar refractivity (Wildman–Crippen MR) is 137 cm³/mol. The number of aromatic nitrogens is 4. The third kappa shape index (κ3) is 4.68. The number of aryl methyl sites for hydroxylation is 2. The van der Waals surface area contributed by atoms with E-state index in [9.17, 15) is 9.59 Å². The van der Waals surface area contributed by atoms with Crippen LogP contribution in [0.3, 0.4) is 0 Å². The Balaban J connectivity index is 1.39. The molecule has 7 nitrogen and oxygen atoms in total. The number of nitrogens with one attached hydrogen (secondary N) is 1. The Kier molecular flexibility index (Phi) is 6.33. The third-order valence-corrected chi connectivity index (χ3v) is 6.27. The van der Waals surface area contributed by atoms with E-state index < -0.39 is 11.2 Å². The van der Waals surface area contributed by atoms with Crippen molar-refractivity contribution in [2.24, 2.45) is 0 Å². The van der Waals surface area contributed by atoms with Crippen molar-refractivity contribution < 1.29 is 4.74 Å². The fourth-order valence-corrected chi connectivity index (χ4v) is 4.43. The molecular formula is C27H23ClN4O3. The molecule has 3 aromatic rings. The fourth-order valence-electron chi connectivity index (χ4n) is 4.14. The number of benzene rings is 3. The SMILES string of the molecule is CCc1cc2c(cc1Cl)nc1c(=O)[nH]c(=O)nc-1n2CCCOc1ccc(-c2ccccc2)cc1. The normalized spacial score (nSPS) is 11.3. The Labute approximate surface area is 206 Å². The van der Waals surface area contributed by atoms with Gasteiger partial charge in [0.15, 0.2) is 11.5 Å². The van der Waals surface area contributed by atoms with Gasteiger partial charge < -0.3 is 9.30 Å². The summed E-state index contributed by atoms with van der Waals surface area (Å²) in [7, 11) is 0. The first-order chi connectivity index (χ1) is 17.0. The molecule has 0 unspecified atom stereocenters. The van der Waals surface area contributed by atoms with E-state index in [1.54, 1.807) is 6.07 Å². The van der Waals surface area contributed by atoms with Crippen LogP contribution in [0, 0.1) is 0 Å². The lowest BCUT2D eigenvalue weighted by molar-refractivity contribution is 0.302. The number of nitrogens with zero attached hydrogens (tertiary/aromatic N) is 3. The first-order valence-corrected chi connectivity index (χ1v) is 11.8. The smallest absolute Gasteiger partial charge is 0.349 e. The molecule has 0 bridgehead atoms. The van der Waals surface area contributed by atoms with Gasteiger partial charge in [-0.3, -0.25) is 9.78 Å². The maximum absolute atomic E-state index is 12.4. The molecule has 176 valence electrons. The molecule has 0 spiro atoms. The van der Waals surface area contributed by atoms with Gasteiger partial charge in [-0.05, 0) is 53.8 Å². The highest BCUT2D eigenvalue weighted by molar-refractivity contribution is 6.32. The van der Waals surface area contributed by atoms with Crippen LogP contribution in [0.15, 0.2) is 76.3 Å². The van der Waals surface area contributed by atoms with Crippen molar-refractivity contribution in [2.45, 2.75) is 26.3 Å². The van der Waals surface area contributed by atoms with Gasteiger partial charge in [0.05, 0.1) is 17.6 Å². The minimum atomic E-state index is -0.697. The van der Waals surface area contributed by atoms with Crippen molar-refractivity contribution in [2.75, 3.05) is 6.61 Å². The largest absolute Gasteiger partial charge is 0.494 e. The summed E-state index contributed by atoms with van der Waals surface area (Å²) >= 11 is 6.40. The number of rotatable bonds is 7. The Hall–Kier alpha value is -3.97. The lowest BCUT2D eigenvalue weighted by Gasteiger charge is -2.18. The first kappa shape index (κ1) is 22.8. The molecule has 0 saturated heterocycles. The summed E-state index contributed by atoms with van der Waals surface area (Å²) in [5, 5.41) is 0.588. The highest BCUT2D eigenvalue weighted by Gasteiger charge is 2.19. The van der Waals surface area contributed by atoms with Gasteiger partial charge in [-0.15, -0.1) is 0 Å². The number of hydrogen-bond acceptors (Lipinski definition) is 5. The molecule has 0 fully saturated rings. The first-order valence-electron chi connectivity index (χ1n) is 11.4. The van der Waals surface area contributed by atoms with Gasteiger partial charge in [0.2, 0.25) is 0 Å². The second-order valence-electron chi connectivity index (χ2n) is 8.19. The summed E-state index contributed by atoms with van der Waals surface area (Å²) in [5.74, 6) is 1.03. The molecule has 0 atom stereocenters. The molecule has 1 N–H and O–H groups in total. The summed E-state index contributed by atoms with van der Waals surface area (Å²) in [6.07, 6.45) is 1.37. The average molecular weight is 487 g/mol. The Morgan fingerprint density at radius 1 is 0.971 bits per heavy atom. The average Bonchev–Trinajstić information content (AvgIpc) is 2.87. The second kappa shape index (κ2) is 9.72. The molecule has 0 radical (unpaired) electrons. The maximum Gasteiger partial charge on any atom is 0.349 e. The van der Waals surface area contributed by atoms with E-state index in [0.717, 1.165) is 34.4 Å². The Bertz CT molecular complexity index is 1580. The van der Waals surface area contributed by atoms with E-state index in [1.165, 1.54) is 0 Å². The topological polar surface area (TPSA) is 89.9 Å². The van der Waals surface area contributed by atoms with Crippen molar-refractivity contribution in [1.29, 1.82) is 0 Å². The van der Waals surface area contributed by atoms with Gasteiger partial charge in [0, 0.05) is 11.6 Å². The van der Waals surface area contributed by atoms with Crippen LogP contribution in [0.5, 0.6) is 5.75 Å². The van der Waals surface area contributed by atoms with E-state index in [1.807, 2.05) is 60.0 Å². The molecule has 2 aliphatic rings.